The van der Waals surface area contributed by atoms with Gasteiger partial charge in [0.05, 0.1) is 4.92 Å². The molecule has 4 rings (SSSR count). The van der Waals surface area contributed by atoms with E-state index in [1.165, 1.54) is 17.7 Å². The number of carbonyl (C=O) groups is 2. The first-order valence-corrected chi connectivity index (χ1v) is 11.7. The number of nitrogens with one attached hydrogen (secondary N) is 1. The molecule has 0 saturated carbocycles. The first-order chi connectivity index (χ1) is 16.9. The summed E-state index contributed by atoms with van der Waals surface area (Å²) in [5.41, 5.74) is 4.07. The molecule has 2 amide bonds. The Labute approximate surface area is 204 Å². The van der Waals surface area contributed by atoms with Crippen LogP contribution in [-0.2, 0) is 6.42 Å². The van der Waals surface area contributed by atoms with Gasteiger partial charge < -0.3 is 15.1 Å². The summed E-state index contributed by atoms with van der Waals surface area (Å²) in [7, 11) is 0. The molecule has 0 bridgehead atoms. The summed E-state index contributed by atoms with van der Waals surface area (Å²) >= 11 is 0. The van der Waals surface area contributed by atoms with Gasteiger partial charge in [0.2, 0.25) is 0 Å². The van der Waals surface area contributed by atoms with Crippen molar-refractivity contribution in [3.05, 3.63) is 99.1 Å². The van der Waals surface area contributed by atoms with E-state index in [-0.39, 0.29) is 17.2 Å². The van der Waals surface area contributed by atoms with Gasteiger partial charge in [-0.2, -0.15) is 0 Å². The molecule has 0 aliphatic carbocycles. The first-order valence-electron chi connectivity index (χ1n) is 11.7. The van der Waals surface area contributed by atoms with Crippen molar-refractivity contribution in [2.45, 2.75) is 20.3 Å². The highest BCUT2D eigenvalue weighted by atomic mass is 16.6. The highest BCUT2D eigenvalue weighted by molar-refractivity contribution is 6.06. The van der Waals surface area contributed by atoms with Crippen LogP contribution >= 0.6 is 0 Å². The predicted molar refractivity (Wildman–Crippen MR) is 136 cm³/mol. The molecule has 0 spiro atoms. The fourth-order valence-corrected chi connectivity index (χ4v) is 4.25. The smallest absolute Gasteiger partial charge is 0.273 e. The van der Waals surface area contributed by atoms with Crippen LogP contribution in [0, 0.1) is 17.0 Å². The van der Waals surface area contributed by atoms with Crippen LogP contribution in [0.1, 0.15) is 38.8 Å². The zero-order chi connectivity index (χ0) is 24.9. The van der Waals surface area contributed by atoms with Gasteiger partial charge in [0.25, 0.3) is 17.5 Å². The number of piperazine rings is 1. The Bertz CT molecular complexity index is 1230. The van der Waals surface area contributed by atoms with E-state index >= 15 is 0 Å². The fourth-order valence-electron chi connectivity index (χ4n) is 4.25. The van der Waals surface area contributed by atoms with Gasteiger partial charge in [-0.3, -0.25) is 19.7 Å². The van der Waals surface area contributed by atoms with Gasteiger partial charge in [0.15, 0.2) is 0 Å². The second-order valence-corrected chi connectivity index (χ2v) is 8.54. The molecule has 1 fully saturated rings. The van der Waals surface area contributed by atoms with Crippen molar-refractivity contribution in [3.63, 3.8) is 0 Å². The molecule has 1 heterocycles. The van der Waals surface area contributed by atoms with E-state index in [0.717, 1.165) is 30.8 Å². The lowest BCUT2D eigenvalue weighted by Crippen LogP contribution is -2.48. The second kappa shape index (κ2) is 10.4. The molecule has 3 aromatic carbocycles. The molecule has 1 saturated heterocycles. The number of rotatable bonds is 6. The number of amides is 2. The third-order valence-electron chi connectivity index (χ3n) is 6.41. The predicted octanol–water partition coefficient (Wildman–Crippen LogP) is 4.68. The van der Waals surface area contributed by atoms with Crippen LogP contribution in [0.3, 0.4) is 0 Å². The fraction of sp³-hybridized carbons (Fsp3) is 0.259. The van der Waals surface area contributed by atoms with Crippen LogP contribution in [0.15, 0.2) is 66.7 Å². The van der Waals surface area contributed by atoms with Crippen molar-refractivity contribution in [2.75, 3.05) is 36.4 Å². The van der Waals surface area contributed by atoms with Gasteiger partial charge >= 0.3 is 0 Å². The van der Waals surface area contributed by atoms with E-state index in [1.54, 1.807) is 13.0 Å². The monoisotopic (exact) mass is 472 g/mol. The minimum Gasteiger partial charge on any atom is -0.368 e. The van der Waals surface area contributed by atoms with Crippen LogP contribution in [0.2, 0.25) is 0 Å². The summed E-state index contributed by atoms with van der Waals surface area (Å²) in [4.78, 5) is 40.2. The third kappa shape index (κ3) is 5.32. The number of nitrogens with zero attached hydrogens (tertiary/aromatic N) is 3. The Hall–Kier alpha value is -4.20. The molecule has 3 aromatic rings. The quantitative estimate of drug-likeness (QED) is 0.415. The summed E-state index contributed by atoms with van der Waals surface area (Å²) < 4.78 is 0. The van der Waals surface area contributed by atoms with E-state index in [9.17, 15) is 19.7 Å². The lowest BCUT2D eigenvalue weighted by molar-refractivity contribution is -0.385. The molecule has 0 atom stereocenters. The number of hydrogen-bond acceptors (Lipinski definition) is 5. The summed E-state index contributed by atoms with van der Waals surface area (Å²) in [5.74, 6) is -0.333. The van der Waals surface area contributed by atoms with Gasteiger partial charge in [-0.1, -0.05) is 25.1 Å². The van der Waals surface area contributed by atoms with Crippen molar-refractivity contribution < 1.29 is 14.5 Å². The molecule has 180 valence electrons. The molecule has 1 aliphatic rings. The summed E-state index contributed by atoms with van der Waals surface area (Å²) in [6.45, 7) is 6.38. The zero-order valence-corrected chi connectivity index (χ0v) is 19.9. The average molecular weight is 473 g/mol. The third-order valence-corrected chi connectivity index (χ3v) is 6.41. The number of hydrogen-bond donors (Lipinski definition) is 1. The maximum absolute atomic E-state index is 12.8. The molecule has 0 aromatic heterocycles. The van der Waals surface area contributed by atoms with Crippen molar-refractivity contribution in [2.24, 2.45) is 0 Å². The van der Waals surface area contributed by atoms with Crippen molar-refractivity contribution in [1.29, 1.82) is 0 Å². The highest BCUT2D eigenvalue weighted by Gasteiger charge is 2.23. The van der Waals surface area contributed by atoms with Crippen molar-refractivity contribution >= 4 is 28.9 Å². The number of nitro groups is 1. The van der Waals surface area contributed by atoms with Gasteiger partial charge in [0, 0.05) is 60.3 Å². The number of benzene rings is 3. The van der Waals surface area contributed by atoms with Crippen molar-refractivity contribution in [3.8, 4) is 0 Å². The number of nitro benzene ring substituents is 1. The normalized spacial score (nSPS) is 13.4. The minimum absolute atomic E-state index is 0.0572. The average Bonchev–Trinajstić information content (AvgIpc) is 2.89. The van der Waals surface area contributed by atoms with E-state index < -0.39 is 10.8 Å². The first kappa shape index (κ1) is 23.9. The van der Waals surface area contributed by atoms with E-state index in [0.29, 0.717) is 24.3 Å². The van der Waals surface area contributed by atoms with Gasteiger partial charge in [-0.15, -0.1) is 0 Å². The summed E-state index contributed by atoms with van der Waals surface area (Å²) in [5, 5.41) is 14.0. The molecular weight excluding hydrogens is 444 g/mol. The number of anilines is 2. The summed E-state index contributed by atoms with van der Waals surface area (Å²) in [6, 6.07) is 19.8. The van der Waals surface area contributed by atoms with E-state index in [1.807, 2.05) is 53.4 Å². The second-order valence-electron chi connectivity index (χ2n) is 8.54. The molecule has 1 N–H and O–H groups in total. The molecule has 8 nitrogen and oxygen atoms in total. The lowest BCUT2D eigenvalue weighted by Gasteiger charge is -2.36. The molecule has 0 unspecified atom stereocenters. The van der Waals surface area contributed by atoms with Crippen LogP contribution < -0.4 is 10.2 Å². The van der Waals surface area contributed by atoms with Crippen LogP contribution in [0.5, 0.6) is 0 Å². The number of carbonyl (C=O) groups excluding carboxylic acids is 2. The van der Waals surface area contributed by atoms with Gasteiger partial charge in [-0.05, 0) is 61.4 Å². The standard InChI is InChI=1S/C27H28N4O4/c1-3-20-7-9-21(10-8-20)27(33)30-17-15-29(16-18-30)23-13-11-22(12-14-23)28-26(32)24-5-4-6-25(19(24)2)31(34)35/h4-14H,3,15-18H2,1-2H3,(H,28,32). The Morgan fingerprint density at radius 3 is 2.20 bits per heavy atom. The van der Waals surface area contributed by atoms with E-state index in [2.05, 4.69) is 17.1 Å². The summed E-state index contributed by atoms with van der Waals surface area (Å²) in [6.07, 6.45) is 0.948. The van der Waals surface area contributed by atoms with Crippen LogP contribution in [0.25, 0.3) is 0 Å². The zero-order valence-electron chi connectivity index (χ0n) is 19.9. The van der Waals surface area contributed by atoms with Gasteiger partial charge in [0.1, 0.15) is 0 Å². The van der Waals surface area contributed by atoms with Crippen molar-refractivity contribution in [1.82, 2.24) is 4.90 Å². The topological polar surface area (TPSA) is 95.8 Å². The van der Waals surface area contributed by atoms with E-state index in [4.69, 9.17) is 0 Å². The number of aryl methyl sites for hydroxylation is 1. The largest absolute Gasteiger partial charge is 0.368 e. The highest BCUT2D eigenvalue weighted by Crippen LogP contribution is 2.24. The Kier molecular flexibility index (Phi) is 7.10. The minimum atomic E-state index is -0.490. The Balaban J connectivity index is 1.35. The molecule has 8 heteroatoms. The molecule has 0 radical (unpaired) electrons. The molecule has 1 aliphatic heterocycles. The SMILES string of the molecule is CCc1ccc(C(=O)N2CCN(c3ccc(NC(=O)c4cccc([N+](=O)[O-])c4C)cc3)CC2)cc1. The van der Waals surface area contributed by atoms with Gasteiger partial charge in [-0.25, -0.2) is 0 Å². The van der Waals surface area contributed by atoms with Crippen LogP contribution in [-0.4, -0.2) is 47.8 Å². The Morgan fingerprint density at radius 2 is 1.60 bits per heavy atom. The van der Waals surface area contributed by atoms with Crippen LogP contribution in [0.4, 0.5) is 17.1 Å². The maximum Gasteiger partial charge on any atom is 0.273 e. The lowest BCUT2D eigenvalue weighted by atomic mass is 10.1. The molecular formula is C27H28N4O4. The Morgan fingerprint density at radius 1 is 0.943 bits per heavy atom. The molecule has 35 heavy (non-hydrogen) atoms. The maximum atomic E-state index is 12.8.